The predicted octanol–water partition coefficient (Wildman–Crippen LogP) is 3.42. The topological polar surface area (TPSA) is 123 Å². The highest BCUT2D eigenvalue weighted by atomic mass is 16.8. The third-order valence-corrected chi connectivity index (χ3v) is 5.76. The van der Waals surface area contributed by atoms with Gasteiger partial charge in [0.1, 0.15) is 30.8 Å². The van der Waals surface area contributed by atoms with E-state index in [4.69, 9.17) is 23.8 Å². The zero-order valence-corrected chi connectivity index (χ0v) is 18.7. The number of hydrogen-bond acceptors (Lipinski definition) is 8. The van der Waals surface area contributed by atoms with Crippen LogP contribution in [0.4, 0.5) is 5.69 Å². The molecule has 0 saturated carbocycles. The molecule has 1 aliphatic heterocycles. The standard InChI is InChI=1S/C26H21NO8/c1-2-15-11-19-23(13-22(15)35-26(29)16-3-6-18(7-4-16)27(30)31)34-14-20(25(19)28)17-5-8-21-24(12-17)33-10-9-32-21/h3-8,11-14,27,30H,2,9-10H2,1H3. The lowest BCUT2D eigenvalue weighted by atomic mass is 10.0. The first-order valence-corrected chi connectivity index (χ1v) is 11.0. The molecule has 2 N–H and O–H groups in total. The average Bonchev–Trinajstić information content (AvgIpc) is 2.88. The minimum Gasteiger partial charge on any atom is -0.595 e. The summed E-state index contributed by atoms with van der Waals surface area (Å²) in [7, 11) is 0. The molecule has 1 atom stereocenters. The summed E-state index contributed by atoms with van der Waals surface area (Å²) in [6, 6.07) is 13.9. The minimum absolute atomic E-state index is 0.0668. The Labute approximate surface area is 199 Å². The van der Waals surface area contributed by atoms with Crippen molar-refractivity contribution >= 4 is 22.6 Å². The number of nitrogens with one attached hydrogen (secondary N) is 1. The largest absolute Gasteiger partial charge is 0.595 e. The fraction of sp³-hybridized carbons (Fsp3) is 0.154. The number of rotatable bonds is 5. The van der Waals surface area contributed by atoms with Gasteiger partial charge in [0.05, 0.1) is 16.5 Å². The lowest BCUT2D eigenvalue weighted by Gasteiger charge is -2.18. The van der Waals surface area contributed by atoms with Gasteiger partial charge in [-0.1, -0.05) is 13.0 Å². The molecule has 1 unspecified atom stereocenters. The minimum atomic E-state index is -1.08. The van der Waals surface area contributed by atoms with E-state index in [9.17, 15) is 14.8 Å². The summed E-state index contributed by atoms with van der Waals surface area (Å²) in [5.41, 5.74) is 1.99. The van der Waals surface area contributed by atoms with Crippen LogP contribution in [0.15, 0.2) is 70.1 Å². The molecule has 35 heavy (non-hydrogen) atoms. The highest BCUT2D eigenvalue weighted by molar-refractivity contribution is 5.92. The first-order valence-electron chi connectivity index (χ1n) is 11.0. The van der Waals surface area contributed by atoms with Crippen LogP contribution in [0.1, 0.15) is 22.8 Å². The Morgan fingerprint density at radius 2 is 1.80 bits per heavy atom. The predicted molar refractivity (Wildman–Crippen MR) is 125 cm³/mol. The van der Waals surface area contributed by atoms with Crippen molar-refractivity contribution in [3.63, 3.8) is 0 Å². The maximum atomic E-state index is 13.3. The summed E-state index contributed by atoms with van der Waals surface area (Å²) in [5.74, 6) is 0.817. The van der Waals surface area contributed by atoms with Crippen LogP contribution in [0.3, 0.4) is 0 Å². The summed E-state index contributed by atoms with van der Waals surface area (Å²) in [5, 5.41) is 19.3. The molecule has 9 heteroatoms. The fourth-order valence-electron chi connectivity index (χ4n) is 3.89. The molecule has 0 bridgehead atoms. The molecule has 0 spiro atoms. The van der Waals surface area contributed by atoms with Crippen LogP contribution in [-0.2, 0) is 6.42 Å². The van der Waals surface area contributed by atoms with Gasteiger partial charge in [-0.3, -0.25) is 4.79 Å². The average molecular weight is 475 g/mol. The Kier molecular flexibility index (Phi) is 5.96. The number of quaternary nitrogens is 1. The molecule has 0 radical (unpaired) electrons. The number of aryl methyl sites for hydroxylation is 1. The summed E-state index contributed by atoms with van der Waals surface area (Å²) in [6.45, 7) is 2.80. The van der Waals surface area contributed by atoms with Crippen LogP contribution in [-0.4, -0.2) is 24.4 Å². The van der Waals surface area contributed by atoms with Gasteiger partial charge in [0.25, 0.3) is 0 Å². The number of hydrogen-bond donors (Lipinski definition) is 2. The maximum Gasteiger partial charge on any atom is 0.343 e. The second-order valence-electron chi connectivity index (χ2n) is 7.92. The van der Waals surface area contributed by atoms with Crippen molar-refractivity contribution < 1.29 is 33.9 Å². The molecular formula is C26H21NO8. The number of esters is 1. The molecule has 5 rings (SSSR count). The highest BCUT2D eigenvalue weighted by Gasteiger charge is 2.18. The Bertz CT molecular complexity index is 1470. The van der Waals surface area contributed by atoms with Gasteiger partial charge in [-0.15, -0.1) is 0 Å². The Morgan fingerprint density at radius 3 is 2.51 bits per heavy atom. The smallest absolute Gasteiger partial charge is 0.343 e. The molecule has 2 heterocycles. The van der Waals surface area contributed by atoms with Gasteiger partial charge in [0.2, 0.25) is 5.43 Å². The second-order valence-corrected chi connectivity index (χ2v) is 7.92. The molecule has 0 amide bonds. The van der Waals surface area contributed by atoms with E-state index in [-0.39, 0.29) is 28.0 Å². The molecule has 0 fully saturated rings. The van der Waals surface area contributed by atoms with E-state index < -0.39 is 11.2 Å². The third-order valence-electron chi connectivity index (χ3n) is 5.76. The quantitative estimate of drug-likeness (QED) is 0.256. The molecule has 1 aliphatic rings. The van der Waals surface area contributed by atoms with E-state index in [0.717, 1.165) is 0 Å². The van der Waals surface area contributed by atoms with Crippen molar-refractivity contribution in [1.29, 1.82) is 0 Å². The van der Waals surface area contributed by atoms with Crippen LogP contribution in [0, 0.1) is 5.21 Å². The Hall–Kier alpha value is -4.18. The lowest BCUT2D eigenvalue weighted by molar-refractivity contribution is -0.991. The van der Waals surface area contributed by atoms with Crippen LogP contribution >= 0.6 is 0 Å². The van der Waals surface area contributed by atoms with Crippen molar-refractivity contribution in [3.8, 4) is 28.4 Å². The number of fused-ring (bicyclic) bond motifs is 2. The molecule has 0 saturated heterocycles. The van der Waals surface area contributed by atoms with E-state index in [2.05, 4.69) is 0 Å². The fourth-order valence-corrected chi connectivity index (χ4v) is 3.89. The highest BCUT2D eigenvalue weighted by Crippen LogP contribution is 2.34. The van der Waals surface area contributed by atoms with Crippen molar-refractivity contribution in [2.45, 2.75) is 13.3 Å². The van der Waals surface area contributed by atoms with Crippen LogP contribution in [0.2, 0.25) is 0 Å². The molecule has 0 aliphatic carbocycles. The van der Waals surface area contributed by atoms with E-state index in [1.54, 1.807) is 24.3 Å². The van der Waals surface area contributed by atoms with E-state index in [0.29, 0.717) is 53.2 Å². The van der Waals surface area contributed by atoms with Gasteiger partial charge in [-0.2, -0.15) is 5.23 Å². The van der Waals surface area contributed by atoms with Gasteiger partial charge in [0, 0.05) is 18.2 Å². The van der Waals surface area contributed by atoms with Gasteiger partial charge >= 0.3 is 5.97 Å². The third kappa shape index (κ3) is 4.35. The van der Waals surface area contributed by atoms with Crippen molar-refractivity contribution in [1.82, 2.24) is 0 Å². The molecule has 9 nitrogen and oxygen atoms in total. The van der Waals surface area contributed by atoms with E-state index in [1.165, 1.54) is 36.6 Å². The Morgan fingerprint density at radius 1 is 1.06 bits per heavy atom. The zero-order chi connectivity index (χ0) is 24.5. The van der Waals surface area contributed by atoms with Gasteiger partial charge in [-0.25, -0.2) is 10.0 Å². The zero-order valence-electron chi connectivity index (χ0n) is 18.7. The Balaban J connectivity index is 1.48. The van der Waals surface area contributed by atoms with E-state index >= 15 is 0 Å². The number of carbonyl (C=O) groups is 1. The summed E-state index contributed by atoms with van der Waals surface area (Å²) in [4.78, 5) is 26.0. The SMILES string of the molecule is CCc1cc2c(=O)c(-c3ccc4c(c3)OCCO4)coc2cc1OC(=O)c1ccc([NH+]([O-])O)cc1. The normalized spacial score (nSPS) is 13.5. The first-order chi connectivity index (χ1) is 16.9. The first kappa shape index (κ1) is 22.6. The number of ether oxygens (including phenoxy) is 3. The van der Waals surface area contributed by atoms with Crippen molar-refractivity contribution in [2.75, 3.05) is 13.2 Å². The summed E-state index contributed by atoms with van der Waals surface area (Å²) >= 11 is 0. The number of carbonyl (C=O) groups excluding carboxylic acids is 1. The van der Waals surface area contributed by atoms with Crippen LogP contribution < -0.4 is 24.9 Å². The van der Waals surface area contributed by atoms with Gasteiger partial charge in [-0.05, 0) is 47.9 Å². The second kappa shape index (κ2) is 9.22. The van der Waals surface area contributed by atoms with Gasteiger partial charge < -0.3 is 23.8 Å². The van der Waals surface area contributed by atoms with Crippen molar-refractivity contribution in [2.24, 2.45) is 0 Å². The van der Waals surface area contributed by atoms with Crippen molar-refractivity contribution in [3.05, 3.63) is 87.4 Å². The molecule has 3 aromatic carbocycles. The number of benzene rings is 3. The summed E-state index contributed by atoms with van der Waals surface area (Å²) < 4.78 is 22.5. The van der Waals surface area contributed by atoms with E-state index in [1.807, 2.05) is 6.92 Å². The van der Waals surface area contributed by atoms with Crippen LogP contribution in [0.25, 0.3) is 22.1 Å². The molecular weight excluding hydrogens is 454 g/mol. The molecule has 4 aromatic rings. The van der Waals surface area contributed by atoms with Crippen LogP contribution in [0.5, 0.6) is 17.2 Å². The molecule has 1 aromatic heterocycles. The van der Waals surface area contributed by atoms with Gasteiger partial charge in [0.15, 0.2) is 17.2 Å². The monoisotopic (exact) mass is 475 g/mol. The summed E-state index contributed by atoms with van der Waals surface area (Å²) in [6.07, 6.45) is 1.88. The maximum absolute atomic E-state index is 13.3. The molecule has 178 valence electrons. The lowest BCUT2D eigenvalue weighted by Crippen LogP contribution is -2.99.